The summed E-state index contributed by atoms with van der Waals surface area (Å²) in [5, 5.41) is 14.3. The Morgan fingerprint density at radius 3 is 2.58 bits per heavy atom. The van der Waals surface area contributed by atoms with Crippen molar-refractivity contribution < 1.29 is 9.26 Å². The van der Waals surface area contributed by atoms with Crippen molar-refractivity contribution >= 4 is 40.5 Å². The van der Waals surface area contributed by atoms with Crippen LogP contribution in [0, 0.1) is 0 Å². The van der Waals surface area contributed by atoms with Gasteiger partial charge in [0.25, 0.3) is 0 Å². The second-order valence-corrected chi connectivity index (χ2v) is 8.80. The summed E-state index contributed by atoms with van der Waals surface area (Å²) < 4.78 is 16.4. The van der Waals surface area contributed by atoms with Gasteiger partial charge in [0.1, 0.15) is 6.10 Å². The molecule has 2 unspecified atom stereocenters. The van der Waals surface area contributed by atoms with Gasteiger partial charge in [-0.1, -0.05) is 28.9 Å². The number of fused-ring (bicyclic) bond motifs is 1. The van der Waals surface area contributed by atoms with Gasteiger partial charge in [0, 0.05) is 25.5 Å². The fourth-order valence-electron chi connectivity index (χ4n) is 3.24. The normalized spacial score (nSPS) is 13.6. The standard InChI is InChI=1S/C20H22ClN7O2S/c1-11(2)28-19(16-14-7-5-6-8-15(14)30-26-16)24-25-20(28)27-31-12(3)17(29-4)18-22-9-13(21)10-23-18/h5-12,17H,1-4H3,(H,25,27). The van der Waals surface area contributed by atoms with Gasteiger partial charge in [-0.3, -0.25) is 9.29 Å². The number of para-hydroxylation sites is 1. The minimum atomic E-state index is -0.329. The summed E-state index contributed by atoms with van der Waals surface area (Å²) in [6.07, 6.45) is 2.79. The Labute approximate surface area is 188 Å². The lowest BCUT2D eigenvalue weighted by Crippen LogP contribution is -2.19. The first-order valence-corrected chi connectivity index (χ1v) is 11.0. The fraction of sp³-hybridized carbons (Fsp3) is 0.350. The molecule has 31 heavy (non-hydrogen) atoms. The highest BCUT2D eigenvalue weighted by Gasteiger charge is 2.25. The van der Waals surface area contributed by atoms with Gasteiger partial charge in [-0.15, -0.1) is 10.2 Å². The van der Waals surface area contributed by atoms with E-state index >= 15 is 0 Å². The molecule has 0 aliphatic rings. The van der Waals surface area contributed by atoms with Crippen molar-refractivity contribution in [3.63, 3.8) is 0 Å². The van der Waals surface area contributed by atoms with Crippen LogP contribution in [0.3, 0.4) is 0 Å². The molecule has 0 aliphatic heterocycles. The summed E-state index contributed by atoms with van der Waals surface area (Å²) >= 11 is 7.35. The van der Waals surface area contributed by atoms with Crippen LogP contribution in [-0.2, 0) is 4.74 Å². The number of halogens is 1. The van der Waals surface area contributed by atoms with Crippen LogP contribution < -0.4 is 4.72 Å². The van der Waals surface area contributed by atoms with E-state index in [9.17, 15) is 0 Å². The predicted molar refractivity (Wildman–Crippen MR) is 121 cm³/mol. The summed E-state index contributed by atoms with van der Waals surface area (Å²) in [4.78, 5) is 8.55. The van der Waals surface area contributed by atoms with Crippen molar-refractivity contribution in [3.05, 3.63) is 47.5 Å². The number of benzene rings is 1. The fourth-order valence-corrected chi connectivity index (χ4v) is 4.13. The lowest BCUT2D eigenvalue weighted by Gasteiger charge is -2.21. The molecule has 2 atom stereocenters. The molecule has 4 aromatic rings. The van der Waals surface area contributed by atoms with Crippen LogP contribution in [0.1, 0.15) is 38.7 Å². The second-order valence-electron chi connectivity index (χ2n) is 7.18. The SMILES string of the molecule is COC(c1ncc(Cl)cn1)C(C)SNc1nnc(-c2noc3ccccc23)n1C(C)C. The monoisotopic (exact) mass is 459 g/mol. The summed E-state index contributed by atoms with van der Waals surface area (Å²) in [6, 6.07) is 7.78. The number of hydrogen-bond acceptors (Lipinski definition) is 9. The van der Waals surface area contributed by atoms with Gasteiger partial charge < -0.3 is 9.26 Å². The van der Waals surface area contributed by atoms with E-state index in [4.69, 9.17) is 20.9 Å². The second kappa shape index (κ2) is 9.21. The van der Waals surface area contributed by atoms with Crippen molar-refractivity contribution in [2.24, 2.45) is 0 Å². The molecular weight excluding hydrogens is 438 g/mol. The maximum absolute atomic E-state index is 5.90. The average molecular weight is 460 g/mol. The first-order chi connectivity index (χ1) is 15.0. The van der Waals surface area contributed by atoms with E-state index in [0.29, 0.717) is 33.9 Å². The first kappa shape index (κ1) is 21.5. The van der Waals surface area contributed by atoms with Crippen molar-refractivity contribution in [3.8, 4) is 11.5 Å². The quantitative estimate of drug-likeness (QED) is 0.366. The van der Waals surface area contributed by atoms with E-state index in [1.54, 1.807) is 19.5 Å². The molecule has 1 N–H and O–H groups in total. The molecule has 3 heterocycles. The lowest BCUT2D eigenvalue weighted by atomic mass is 10.2. The molecule has 0 saturated heterocycles. The zero-order valence-electron chi connectivity index (χ0n) is 17.5. The predicted octanol–water partition coefficient (Wildman–Crippen LogP) is 4.95. The number of methoxy groups -OCH3 is 1. The molecule has 9 nitrogen and oxygen atoms in total. The van der Waals surface area contributed by atoms with Gasteiger partial charge in [0.2, 0.25) is 5.95 Å². The smallest absolute Gasteiger partial charge is 0.235 e. The highest BCUT2D eigenvalue weighted by molar-refractivity contribution is 8.01. The zero-order chi connectivity index (χ0) is 22.0. The zero-order valence-corrected chi connectivity index (χ0v) is 19.1. The van der Waals surface area contributed by atoms with Crippen molar-refractivity contribution in [1.29, 1.82) is 0 Å². The minimum Gasteiger partial charge on any atom is -0.372 e. The number of aromatic nitrogens is 6. The van der Waals surface area contributed by atoms with E-state index in [2.05, 4.69) is 43.9 Å². The van der Waals surface area contributed by atoms with Crippen molar-refractivity contribution in [1.82, 2.24) is 29.9 Å². The van der Waals surface area contributed by atoms with E-state index in [0.717, 1.165) is 5.39 Å². The van der Waals surface area contributed by atoms with Gasteiger partial charge in [-0.25, -0.2) is 9.97 Å². The van der Waals surface area contributed by atoms with Gasteiger partial charge in [0.15, 0.2) is 22.9 Å². The number of anilines is 1. The van der Waals surface area contributed by atoms with E-state index in [1.807, 2.05) is 35.8 Å². The van der Waals surface area contributed by atoms with Crippen LogP contribution in [-0.4, -0.2) is 42.2 Å². The topological polar surface area (TPSA) is 104 Å². The molecule has 0 radical (unpaired) electrons. The molecule has 0 amide bonds. The highest BCUT2D eigenvalue weighted by atomic mass is 35.5. The summed E-state index contributed by atoms with van der Waals surface area (Å²) in [5.74, 6) is 1.81. The summed E-state index contributed by atoms with van der Waals surface area (Å²) in [6.45, 7) is 6.15. The summed E-state index contributed by atoms with van der Waals surface area (Å²) in [5.41, 5.74) is 1.37. The number of hydrogen-bond donors (Lipinski definition) is 1. The van der Waals surface area contributed by atoms with Crippen molar-refractivity contribution in [2.75, 3.05) is 11.8 Å². The van der Waals surface area contributed by atoms with Gasteiger partial charge in [-0.05, 0) is 44.9 Å². The third-order valence-corrected chi connectivity index (χ3v) is 5.83. The molecule has 3 aromatic heterocycles. The largest absolute Gasteiger partial charge is 0.372 e. The van der Waals surface area contributed by atoms with Crippen LogP contribution >= 0.6 is 23.5 Å². The molecule has 0 saturated carbocycles. The molecule has 0 spiro atoms. The van der Waals surface area contributed by atoms with Crippen LogP contribution in [0.5, 0.6) is 0 Å². The summed E-state index contributed by atoms with van der Waals surface area (Å²) in [7, 11) is 1.63. The van der Waals surface area contributed by atoms with E-state index in [-0.39, 0.29) is 17.4 Å². The first-order valence-electron chi connectivity index (χ1n) is 9.71. The van der Waals surface area contributed by atoms with Crippen LogP contribution in [0.4, 0.5) is 5.95 Å². The Morgan fingerprint density at radius 2 is 1.87 bits per heavy atom. The van der Waals surface area contributed by atoms with Gasteiger partial charge in [-0.2, -0.15) is 0 Å². The number of ether oxygens (including phenoxy) is 1. The lowest BCUT2D eigenvalue weighted by molar-refractivity contribution is 0.0972. The Balaban J connectivity index is 1.57. The number of nitrogens with zero attached hydrogens (tertiary/aromatic N) is 6. The maximum atomic E-state index is 5.90. The highest BCUT2D eigenvalue weighted by Crippen LogP contribution is 2.33. The Hall–Kier alpha value is -2.69. The molecule has 162 valence electrons. The molecule has 0 aliphatic carbocycles. The Morgan fingerprint density at radius 1 is 1.13 bits per heavy atom. The van der Waals surface area contributed by atoms with E-state index in [1.165, 1.54) is 11.9 Å². The van der Waals surface area contributed by atoms with Crippen LogP contribution in [0.15, 0.2) is 41.2 Å². The minimum absolute atomic E-state index is 0.0279. The molecule has 0 fully saturated rings. The molecular formula is C20H22ClN7O2S. The van der Waals surface area contributed by atoms with Gasteiger partial charge >= 0.3 is 0 Å². The third-order valence-electron chi connectivity index (χ3n) is 4.71. The third kappa shape index (κ3) is 4.36. The van der Waals surface area contributed by atoms with Crippen molar-refractivity contribution in [2.45, 2.75) is 38.2 Å². The molecule has 4 rings (SSSR count). The molecule has 0 bridgehead atoms. The molecule has 1 aromatic carbocycles. The van der Waals surface area contributed by atoms with Gasteiger partial charge in [0.05, 0.1) is 15.7 Å². The van der Waals surface area contributed by atoms with E-state index < -0.39 is 0 Å². The van der Waals surface area contributed by atoms with Crippen LogP contribution in [0.2, 0.25) is 5.02 Å². The van der Waals surface area contributed by atoms with Crippen LogP contribution in [0.25, 0.3) is 22.5 Å². The number of nitrogens with one attached hydrogen (secondary N) is 1. The Bertz CT molecular complexity index is 1160. The Kier molecular flexibility index (Phi) is 6.40. The average Bonchev–Trinajstić information content (AvgIpc) is 3.38. The molecule has 11 heteroatoms. The maximum Gasteiger partial charge on any atom is 0.235 e. The number of rotatable bonds is 8.